The van der Waals surface area contributed by atoms with E-state index in [0.29, 0.717) is 0 Å². The second kappa shape index (κ2) is 9.80. The Bertz CT molecular complexity index is 719. The van der Waals surface area contributed by atoms with Crippen molar-refractivity contribution in [2.45, 2.75) is 58.3 Å². The van der Waals surface area contributed by atoms with Crippen molar-refractivity contribution in [3.63, 3.8) is 0 Å². The first-order valence-electron chi connectivity index (χ1n) is 8.08. The van der Waals surface area contributed by atoms with E-state index in [-0.39, 0.29) is 0 Å². The summed E-state index contributed by atoms with van der Waals surface area (Å²) in [6, 6.07) is 0. The summed E-state index contributed by atoms with van der Waals surface area (Å²) in [6.45, 7) is 3.87. The van der Waals surface area contributed by atoms with Crippen LogP contribution in [0.4, 0.5) is 0 Å². The van der Waals surface area contributed by atoms with Crippen molar-refractivity contribution in [3.8, 4) is 0 Å². The molecule has 13 heteroatoms. The van der Waals surface area contributed by atoms with Gasteiger partial charge in [0.05, 0.1) is 6.26 Å². The largest absolute Gasteiger partial charge is 0.463 e. The van der Waals surface area contributed by atoms with Gasteiger partial charge in [-0.05, 0) is 0 Å². The SMILES string of the molecule is CC(=O)OCC1O[C@@H](NS(C)(=O)=O)C(OC(C)=O)C(OC(C)=O)[C@H]1OC(C)=O. The molecule has 1 rings (SSSR count). The van der Waals surface area contributed by atoms with Crippen LogP contribution in [-0.2, 0) is 52.9 Å². The lowest BCUT2D eigenvalue weighted by Crippen LogP contribution is -2.66. The van der Waals surface area contributed by atoms with Crippen molar-refractivity contribution in [2.75, 3.05) is 12.9 Å². The molecule has 0 aromatic rings. The number of hydrogen-bond acceptors (Lipinski definition) is 11. The Labute approximate surface area is 161 Å². The third-order valence-corrected chi connectivity index (χ3v) is 3.98. The summed E-state index contributed by atoms with van der Waals surface area (Å²) in [5, 5.41) is 0. The molecular formula is C15H23NO11S. The van der Waals surface area contributed by atoms with Crippen LogP contribution in [0.25, 0.3) is 0 Å². The normalized spacial score (nSPS) is 27.4. The van der Waals surface area contributed by atoms with Gasteiger partial charge in [-0.15, -0.1) is 0 Å². The van der Waals surface area contributed by atoms with Gasteiger partial charge in [0.1, 0.15) is 12.7 Å². The standard InChI is InChI=1S/C15H23NO11S/c1-7(17)23-6-11-12(24-8(2)18)13(25-9(3)19)14(26-10(4)20)15(27-11)16-28(5,21)22/h11-16H,6H2,1-5H3/t11?,12-,13?,14?,15+/m0/s1. The third kappa shape index (κ3) is 7.78. The maximum atomic E-state index is 11.7. The second-order valence-corrected chi connectivity index (χ2v) is 7.79. The Morgan fingerprint density at radius 1 is 0.821 bits per heavy atom. The van der Waals surface area contributed by atoms with E-state index in [1.807, 2.05) is 0 Å². The highest BCUT2D eigenvalue weighted by Crippen LogP contribution is 2.28. The van der Waals surface area contributed by atoms with E-state index in [2.05, 4.69) is 4.72 Å². The number of rotatable bonds is 7. The van der Waals surface area contributed by atoms with Gasteiger partial charge in [-0.2, -0.15) is 4.72 Å². The average molecular weight is 425 g/mol. The number of carbonyl (C=O) groups excluding carboxylic acids is 4. The predicted octanol–water partition coefficient (Wildman–Crippen LogP) is -1.38. The molecule has 0 radical (unpaired) electrons. The van der Waals surface area contributed by atoms with Gasteiger partial charge in [0.25, 0.3) is 0 Å². The van der Waals surface area contributed by atoms with Gasteiger partial charge >= 0.3 is 23.9 Å². The number of sulfonamides is 1. The fourth-order valence-corrected chi connectivity index (χ4v) is 3.15. The van der Waals surface area contributed by atoms with Crippen LogP contribution in [0.2, 0.25) is 0 Å². The smallest absolute Gasteiger partial charge is 0.303 e. The minimum Gasteiger partial charge on any atom is -0.463 e. The van der Waals surface area contributed by atoms with E-state index in [1.54, 1.807) is 0 Å². The topological polar surface area (TPSA) is 161 Å². The molecular weight excluding hydrogens is 402 g/mol. The summed E-state index contributed by atoms with van der Waals surface area (Å²) in [4.78, 5) is 45.7. The van der Waals surface area contributed by atoms with E-state index in [0.717, 1.165) is 34.0 Å². The lowest BCUT2D eigenvalue weighted by Gasteiger charge is -2.44. The molecule has 160 valence electrons. The molecule has 0 saturated carbocycles. The molecule has 1 N–H and O–H groups in total. The summed E-state index contributed by atoms with van der Waals surface area (Å²) >= 11 is 0. The van der Waals surface area contributed by atoms with Gasteiger partial charge in [-0.1, -0.05) is 0 Å². The van der Waals surface area contributed by atoms with Crippen LogP contribution in [0.3, 0.4) is 0 Å². The maximum absolute atomic E-state index is 11.7. The summed E-state index contributed by atoms with van der Waals surface area (Å²) in [7, 11) is -3.86. The van der Waals surface area contributed by atoms with Crippen LogP contribution >= 0.6 is 0 Å². The van der Waals surface area contributed by atoms with Crippen molar-refractivity contribution >= 4 is 33.9 Å². The Morgan fingerprint density at radius 3 is 1.71 bits per heavy atom. The molecule has 0 aromatic heterocycles. The van der Waals surface area contributed by atoms with Crippen molar-refractivity contribution < 1.29 is 51.3 Å². The molecule has 1 saturated heterocycles. The zero-order valence-corrected chi connectivity index (χ0v) is 16.8. The lowest BCUT2D eigenvalue weighted by atomic mass is 9.97. The van der Waals surface area contributed by atoms with Crippen LogP contribution < -0.4 is 4.72 Å². The van der Waals surface area contributed by atoms with Crippen molar-refractivity contribution in [2.24, 2.45) is 0 Å². The fraction of sp³-hybridized carbons (Fsp3) is 0.733. The Balaban J connectivity index is 3.36. The van der Waals surface area contributed by atoms with E-state index in [9.17, 15) is 27.6 Å². The van der Waals surface area contributed by atoms with Gasteiger partial charge in [-0.3, -0.25) is 19.2 Å². The Kier molecular flexibility index (Phi) is 8.32. The first kappa shape index (κ1) is 23.8. The Morgan fingerprint density at radius 2 is 1.29 bits per heavy atom. The van der Waals surface area contributed by atoms with E-state index in [1.165, 1.54) is 0 Å². The highest BCUT2D eigenvalue weighted by molar-refractivity contribution is 7.88. The van der Waals surface area contributed by atoms with Crippen LogP contribution in [0, 0.1) is 0 Å². The number of carbonyl (C=O) groups is 4. The van der Waals surface area contributed by atoms with Gasteiger partial charge < -0.3 is 23.7 Å². The summed E-state index contributed by atoms with van der Waals surface area (Å²) < 4.78 is 51.2. The monoisotopic (exact) mass is 425 g/mol. The number of esters is 4. The van der Waals surface area contributed by atoms with E-state index < -0.39 is 71.2 Å². The molecule has 0 aromatic carbocycles. The first-order valence-corrected chi connectivity index (χ1v) is 9.97. The minimum absolute atomic E-state index is 0.445. The zero-order valence-electron chi connectivity index (χ0n) is 16.0. The fourth-order valence-electron chi connectivity index (χ4n) is 2.53. The molecule has 1 aliphatic rings. The number of ether oxygens (including phenoxy) is 5. The van der Waals surface area contributed by atoms with Crippen molar-refractivity contribution in [1.29, 1.82) is 0 Å². The van der Waals surface area contributed by atoms with Crippen LogP contribution in [-0.4, -0.2) is 75.8 Å². The maximum Gasteiger partial charge on any atom is 0.303 e. The molecule has 1 heterocycles. The van der Waals surface area contributed by atoms with Gasteiger partial charge in [0, 0.05) is 27.7 Å². The highest BCUT2D eigenvalue weighted by atomic mass is 32.2. The van der Waals surface area contributed by atoms with Gasteiger partial charge in [0.2, 0.25) is 10.0 Å². The minimum atomic E-state index is -3.86. The molecule has 1 fully saturated rings. The van der Waals surface area contributed by atoms with E-state index >= 15 is 0 Å². The molecule has 5 atom stereocenters. The summed E-state index contributed by atoms with van der Waals surface area (Å²) in [5.74, 6) is -3.10. The molecule has 0 spiro atoms. The number of nitrogens with one attached hydrogen (secondary N) is 1. The van der Waals surface area contributed by atoms with Gasteiger partial charge in [0.15, 0.2) is 24.5 Å². The third-order valence-electron chi connectivity index (χ3n) is 3.32. The Hall–Kier alpha value is -2.25. The molecule has 28 heavy (non-hydrogen) atoms. The molecule has 12 nitrogen and oxygen atoms in total. The molecule has 0 bridgehead atoms. The van der Waals surface area contributed by atoms with Gasteiger partial charge in [-0.25, -0.2) is 8.42 Å². The quantitative estimate of drug-likeness (QED) is 0.378. The average Bonchev–Trinajstić information content (AvgIpc) is 2.48. The highest BCUT2D eigenvalue weighted by Gasteiger charge is 2.52. The number of hydrogen-bond donors (Lipinski definition) is 1. The summed E-state index contributed by atoms with van der Waals surface area (Å²) in [6.07, 6.45) is -6.14. The van der Waals surface area contributed by atoms with Crippen LogP contribution in [0.1, 0.15) is 27.7 Å². The summed E-state index contributed by atoms with van der Waals surface area (Å²) in [5.41, 5.74) is 0. The second-order valence-electron chi connectivity index (χ2n) is 6.01. The molecule has 0 aliphatic carbocycles. The van der Waals surface area contributed by atoms with Crippen molar-refractivity contribution in [1.82, 2.24) is 4.72 Å². The molecule has 0 amide bonds. The van der Waals surface area contributed by atoms with Crippen LogP contribution in [0.15, 0.2) is 0 Å². The zero-order chi connectivity index (χ0) is 21.6. The van der Waals surface area contributed by atoms with E-state index in [4.69, 9.17) is 23.7 Å². The predicted molar refractivity (Wildman–Crippen MR) is 89.9 cm³/mol. The van der Waals surface area contributed by atoms with Crippen LogP contribution in [0.5, 0.6) is 0 Å². The molecule has 1 aliphatic heterocycles. The molecule has 3 unspecified atom stereocenters. The first-order chi connectivity index (χ1) is 12.8. The lowest BCUT2D eigenvalue weighted by molar-refractivity contribution is -0.254. The van der Waals surface area contributed by atoms with Crippen molar-refractivity contribution in [3.05, 3.63) is 0 Å².